The number of carbonyl (C=O) groups is 2. The molecule has 0 aliphatic carbocycles. The van der Waals surface area contributed by atoms with Crippen LogP contribution in [0.2, 0.25) is 0 Å². The maximum atomic E-state index is 13.2. The van der Waals surface area contributed by atoms with Crippen LogP contribution in [-0.4, -0.2) is 62.3 Å². The Hall–Kier alpha value is -4.41. The third-order valence-corrected chi connectivity index (χ3v) is 5.67. The number of ether oxygens (including phenoxy) is 2. The molecule has 1 aromatic heterocycles. The Bertz CT molecular complexity index is 1190. The van der Waals surface area contributed by atoms with Crippen molar-refractivity contribution in [2.24, 2.45) is 0 Å². The number of methoxy groups -OCH3 is 2. The van der Waals surface area contributed by atoms with Crippen LogP contribution in [0, 0.1) is 5.82 Å². The third kappa shape index (κ3) is 5.24. The molecule has 3 N–H and O–H groups in total. The number of nitrogens with one attached hydrogen (secondary N) is 1. The normalized spacial score (nSPS) is 13.3. The van der Waals surface area contributed by atoms with Gasteiger partial charge in [-0.25, -0.2) is 23.9 Å². The Morgan fingerprint density at radius 2 is 1.49 bits per heavy atom. The number of aromatic nitrogens is 2. The Morgan fingerprint density at radius 1 is 0.914 bits per heavy atom. The van der Waals surface area contributed by atoms with Gasteiger partial charge in [-0.05, 0) is 42.5 Å². The molecule has 3 aromatic rings. The molecule has 1 fully saturated rings. The lowest BCUT2D eigenvalue weighted by Crippen LogP contribution is -2.47. The molecule has 2 heterocycles. The van der Waals surface area contributed by atoms with E-state index in [4.69, 9.17) is 15.2 Å². The first-order valence-corrected chi connectivity index (χ1v) is 10.8. The second-order valence-electron chi connectivity index (χ2n) is 7.82. The van der Waals surface area contributed by atoms with E-state index in [1.165, 1.54) is 50.9 Å². The molecule has 0 saturated carbocycles. The van der Waals surface area contributed by atoms with Gasteiger partial charge >= 0.3 is 11.9 Å². The fourth-order valence-electron chi connectivity index (χ4n) is 3.87. The Morgan fingerprint density at radius 3 is 2.06 bits per heavy atom. The molecule has 10 nitrogen and oxygen atoms in total. The van der Waals surface area contributed by atoms with Crippen molar-refractivity contribution in [3.63, 3.8) is 0 Å². The van der Waals surface area contributed by atoms with E-state index >= 15 is 0 Å². The van der Waals surface area contributed by atoms with E-state index in [-0.39, 0.29) is 16.9 Å². The number of halogens is 1. The minimum absolute atomic E-state index is 0.169. The van der Waals surface area contributed by atoms with Gasteiger partial charge in [0.05, 0.1) is 25.3 Å². The number of anilines is 5. The van der Waals surface area contributed by atoms with Crippen LogP contribution in [0.3, 0.4) is 0 Å². The topological polar surface area (TPSA) is 123 Å². The number of hydrogen-bond acceptors (Lipinski definition) is 10. The zero-order valence-electron chi connectivity index (χ0n) is 19.3. The van der Waals surface area contributed by atoms with Crippen molar-refractivity contribution in [1.29, 1.82) is 0 Å². The Labute approximate surface area is 201 Å². The molecule has 0 unspecified atom stereocenters. The highest BCUT2D eigenvalue weighted by atomic mass is 19.1. The van der Waals surface area contributed by atoms with E-state index in [0.29, 0.717) is 49.2 Å². The molecule has 35 heavy (non-hydrogen) atoms. The SMILES string of the molecule is COC(=O)c1cc(Nc2ncnc(N3CCN(c4ccc(F)cc4)CC3)c2N)cc(C(=O)OC)c1. The second-order valence-corrected chi connectivity index (χ2v) is 7.82. The van der Waals surface area contributed by atoms with E-state index < -0.39 is 11.9 Å². The number of benzene rings is 2. The van der Waals surface area contributed by atoms with Crippen LogP contribution < -0.4 is 20.9 Å². The molecule has 0 spiro atoms. The van der Waals surface area contributed by atoms with Crippen LogP contribution in [0.5, 0.6) is 0 Å². The van der Waals surface area contributed by atoms with E-state index in [2.05, 4.69) is 20.2 Å². The molecule has 11 heteroatoms. The molecule has 1 aliphatic heterocycles. The van der Waals surface area contributed by atoms with Crippen molar-refractivity contribution in [2.75, 3.05) is 61.2 Å². The van der Waals surface area contributed by atoms with Crippen LogP contribution in [-0.2, 0) is 9.47 Å². The molecule has 4 rings (SSSR count). The van der Waals surface area contributed by atoms with Crippen molar-refractivity contribution in [2.45, 2.75) is 0 Å². The average molecular weight is 481 g/mol. The number of nitrogens with two attached hydrogens (primary N) is 1. The van der Waals surface area contributed by atoms with Crippen molar-refractivity contribution in [3.05, 3.63) is 65.7 Å². The van der Waals surface area contributed by atoms with Gasteiger partial charge in [-0.2, -0.15) is 0 Å². The smallest absolute Gasteiger partial charge is 0.337 e. The molecule has 0 radical (unpaired) electrons. The minimum atomic E-state index is -0.603. The second kappa shape index (κ2) is 10.2. The lowest BCUT2D eigenvalue weighted by molar-refractivity contribution is 0.0599. The molecule has 1 saturated heterocycles. The van der Waals surface area contributed by atoms with Gasteiger partial charge in [0, 0.05) is 37.6 Å². The largest absolute Gasteiger partial charge is 0.465 e. The van der Waals surface area contributed by atoms with Crippen molar-refractivity contribution >= 4 is 40.6 Å². The van der Waals surface area contributed by atoms with Gasteiger partial charge in [-0.15, -0.1) is 0 Å². The molecule has 2 aromatic carbocycles. The van der Waals surface area contributed by atoms with Gasteiger partial charge in [0.1, 0.15) is 17.8 Å². The quantitative estimate of drug-likeness (QED) is 0.509. The highest BCUT2D eigenvalue weighted by Gasteiger charge is 2.22. The number of hydrogen-bond donors (Lipinski definition) is 2. The van der Waals surface area contributed by atoms with Gasteiger partial charge < -0.3 is 30.3 Å². The molecule has 1 aliphatic rings. The Balaban J connectivity index is 1.53. The van der Waals surface area contributed by atoms with Gasteiger partial charge in [-0.3, -0.25) is 0 Å². The molecule has 0 atom stereocenters. The fourth-order valence-corrected chi connectivity index (χ4v) is 3.87. The fraction of sp³-hybridized carbons (Fsp3) is 0.250. The van der Waals surface area contributed by atoms with E-state index in [1.807, 2.05) is 4.90 Å². The lowest BCUT2D eigenvalue weighted by Gasteiger charge is -2.37. The van der Waals surface area contributed by atoms with Crippen LogP contribution in [0.25, 0.3) is 0 Å². The summed E-state index contributed by atoms with van der Waals surface area (Å²) in [5.74, 6) is -0.576. The first kappa shape index (κ1) is 23.7. The number of carbonyl (C=O) groups excluding carboxylic acids is 2. The maximum absolute atomic E-state index is 13.2. The van der Waals surface area contributed by atoms with Gasteiger partial charge in [0.25, 0.3) is 0 Å². The number of nitrogen functional groups attached to an aromatic ring is 1. The summed E-state index contributed by atoms with van der Waals surface area (Å²) in [6, 6.07) is 10.9. The van der Waals surface area contributed by atoms with Crippen molar-refractivity contribution in [3.8, 4) is 0 Å². The summed E-state index contributed by atoms with van der Waals surface area (Å²) in [5, 5.41) is 3.07. The van der Waals surface area contributed by atoms with Crippen molar-refractivity contribution in [1.82, 2.24) is 9.97 Å². The number of rotatable bonds is 6. The van der Waals surface area contributed by atoms with E-state index in [9.17, 15) is 14.0 Å². The number of nitrogens with zero attached hydrogens (tertiary/aromatic N) is 4. The molecule has 0 amide bonds. The summed E-state index contributed by atoms with van der Waals surface area (Å²) in [5.41, 5.74) is 8.43. The predicted octanol–water partition coefficient (Wildman–Crippen LogP) is 2.84. The van der Waals surface area contributed by atoms with Gasteiger partial charge in [0.2, 0.25) is 0 Å². The minimum Gasteiger partial charge on any atom is -0.465 e. The van der Waals surface area contributed by atoms with Crippen LogP contribution in [0.1, 0.15) is 20.7 Å². The highest BCUT2D eigenvalue weighted by molar-refractivity contribution is 5.97. The molecular formula is C24H25FN6O4. The summed E-state index contributed by atoms with van der Waals surface area (Å²) in [4.78, 5) is 37.0. The summed E-state index contributed by atoms with van der Waals surface area (Å²) in [6.45, 7) is 2.73. The van der Waals surface area contributed by atoms with Gasteiger partial charge in [-0.1, -0.05) is 0 Å². The molecule has 0 bridgehead atoms. The van der Waals surface area contributed by atoms with Crippen LogP contribution in [0.15, 0.2) is 48.8 Å². The first-order valence-electron chi connectivity index (χ1n) is 10.8. The highest BCUT2D eigenvalue weighted by Crippen LogP contribution is 2.30. The average Bonchev–Trinajstić information content (AvgIpc) is 2.89. The number of piperazine rings is 1. The molecule has 182 valence electrons. The lowest BCUT2D eigenvalue weighted by atomic mass is 10.1. The first-order chi connectivity index (χ1) is 16.9. The maximum Gasteiger partial charge on any atom is 0.337 e. The van der Waals surface area contributed by atoms with E-state index in [0.717, 1.165) is 5.69 Å². The zero-order chi connectivity index (χ0) is 24.9. The predicted molar refractivity (Wildman–Crippen MR) is 130 cm³/mol. The summed E-state index contributed by atoms with van der Waals surface area (Å²) < 4.78 is 22.8. The monoisotopic (exact) mass is 480 g/mol. The van der Waals surface area contributed by atoms with Crippen LogP contribution >= 0.6 is 0 Å². The Kier molecular flexibility index (Phi) is 6.95. The number of esters is 2. The van der Waals surface area contributed by atoms with E-state index in [1.54, 1.807) is 12.1 Å². The van der Waals surface area contributed by atoms with Gasteiger partial charge in [0.15, 0.2) is 11.6 Å². The summed E-state index contributed by atoms with van der Waals surface area (Å²) in [7, 11) is 2.51. The van der Waals surface area contributed by atoms with Crippen LogP contribution in [0.4, 0.5) is 33.1 Å². The zero-order valence-corrected chi connectivity index (χ0v) is 19.3. The third-order valence-electron chi connectivity index (χ3n) is 5.67. The standard InChI is InChI=1S/C24H25FN6O4/c1-34-23(32)15-11-16(24(33)35-2)13-18(12-15)29-21-20(26)22(28-14-27-21)31-9-7-30(8-10-31)19-5-3-17(25)4-6-19/h3-6,11-14H,7-10,26H2,1-2H3,(H,27,28,29). The summed E-state index contributed by atoms with van der Waals surface area (Å²) in [6.07, 6.45) is 1.39. The molecular weight excluding hydrogens is 455 g/mol. The van der Waals surface area contributed by atoms with Crippen molar-refractivity contribution < 1.29 is 23.5 Å². The summed E-state index contributed by atoms with van der Waals surface area (Å²) >= 11 is 0.